The summed E-state index contributed by atoms with van der Waals surface area (Å²) >= 11 is 5.78. The van der Waals surface area contributed by atoms with Crippen molar-refractivity contribution in [1.82, 2.24) is 15.0 Å². The first kappa shape index (κ1) is 14.5. The van der Waals surface area contributed by atoms with E-state index in [4.69, 9.17) is 16.3 Å². The number of hydrogen-bond acceptors (Lipinski definition) is 5. The van der Waals surface area contributed by atoms with E-state index >= 15 is 0 Å². The van der Waals surface area contributed by atoms with Gasteiger partial charge in [-0.1, -0.05) is 37.3 Å². The Morgan fingerprint density at radius 2 is 1.95 bits per heavy atom. The van der Waals surface area contributed by atoms with Crippen LogP contribution in [0.25, 0.3) is 0 Å². The number of nitrogens with zero attached hydrogens (tertiary/aromatic N) is 3. The Kier molecular flexibility index (Phi) is 5.12. The molecule has 0 radical (unpaired) electrons. The zero-order chi connectivity index (χ0) is 14.4. The number of methoxy groups -OCH3 is 1. The maximum atomic E-state index is 5.78. The van der Waals surface area contributed by atoms with Gasteiger partial charge in [-0.05, 0) is 29.5 Å². The van der Waals surface area contributed by atoms with Crippen molar-refractivity contribution in [3.63, 3.8) is 0 Å². The minimum atomic E-state index is 0.121. The summed E-state index contributed by atoms with van der Waals surface area (Å²) in [6, 6.07) is 10.6. The van der Waals surface area contributed by atoms with E-state index in [0.717, 1.165) is 13.0 Å². The average Bonchev–Trinajstić information content (AvgIpc) is 2.47. The molecule has 0 bridgehead atoms. The van der Waals surface area contributed by atoms with Crippen molar-refractivity contribution < 1.29 is 4.74 Å². The highest BCUT2D eigenvalue weighted by Crippen LogP contribution is 2.18. The molecule has 1 unspecified atom stereocenters. The third-order valence-corrected chi connectivity index (χ3v) is 3.17. The molecule has 20 heavy (non-hydrogen) atoms. The number of aromatic nitrogens is 3. The molecule has 1 heterocycles. The Morgan fingerprint density at radius 1 is 1.20 bits per heavy atom. The van der Waals surface area contributed by atoms with Gasteiger partial charge in [0.25, 0.3) is 0 Å². The third-order valence-electron chi connectivity index (χ3n) is 3.00. The Labute approximate surface area is 123 Å². The summed E-state index contributed by atoms with van der Waals surface area (Å²) in [6.07, 6.45) is 0.968. The standard InChI is InChI=1S/C14H17ClN4O/c1-10(11-6-4-3-5-7-11)8-9-16-13-17-12(15)18-14(19-13)20-2/h3-7,10H,8-9H2,1-2H3,(H,16,17,18,19). The van der Waals surface area contributed by atoms with Gasteiger partial charge in [0.15, 0.2) is 0 Å². The smallest absolute Gasteiger partial charge is 0.322 e. The zero-order valence-electron chi connectivity index (χ0n) is 11.5. The second kappa shape index (κ2) is 7.05. The highest BCUT2D eigenvalue weighted by Gasteiger charge is 2.07. The van der Waals surface area contributed by atoms with Crippen molar-refractivity contribution in [2.24, 2.45) is 0 Å². The van der Waals surface area contributed by atoms with Crippen molar-refractivity contribution in [2.45, 2.75) is 19.3 Å². The fraction of sp³-hybridized carbons (Fsp3) is 0.357. The molecule has 2 aromatic rings. The second-order valence-corrected chi connectivity index (χ2v) is 4.78. The van der Waals surface area contributed by atoms with Crippen molar-refractivity contribution in [3.05, 3.63) is 41.2 Å². The van der Waals surface area contributed by atoms with Crippen molar-refractivity contribution in [3.8, 4) is 6.01 Å². The molecule has 0 fully saturated rings. The van der Waals surface area contributed by atoms with Crippen LogP contribution in [0.5, 0.6) is 6.01 Å². The van der Waals surface area contributed by atoms with Crippen LogP contribution in [0.3, 0.4) is 0 Å². The van der Waals surface area contributed by atoms with Gasteiger partial charge in [0.2, 0.25) is 11.2 Å². The molecule has 0 aliphatic carbocycles. The molecule has 2 rings (SSSR count). The lowest BCUT2D eigenvalue weighted by molar-refractivity contribution is 0.379. The molecule has 1 N–H and O–H groups in total. The summed E-state index contributed by atoms with van der Waals surface area (Å²) in [4.78, 5) is 11.9. The van der Waals surface area contributed by atoms with Gasteiger partial charge in [-0.3, -0.25) is 0 Å². The summed E-state index contributed by atoms with van der Waals surface area (Å²) in [7, 11) is 1.49. The SMILES string of the molecule is COc1nc(Cl)nc(NCCC(C)c2ccccc2)n1. The summed E-state index contributed by atoms with van der Waals surface area (Å²) < 4.78 is 4.95. The van der Waals surface area contributed by atoms with Gasteiger partial charge in [0.1, 0.15) is 0 Å². The molecule has 0 spiro atoms. The highest BCUT2D eigenvalue weighted by atomic mass is 35.5. The van der Waals surface area contributed by atoms with E-state index in [9.17, 15) is 0 Å². The zero-order valence-corrected chi connectivity index (χ0v) is 12.3. The second-order valence-electron chi connectivity index (χ2n) is 4.44. The first-order valence-corrected chi connectivity index (χ1v) is 6.81. The van der Waals surface area contributed by atoms with Crippen LogP contribution in [-0.4, -0.2) is 28.6 Å². The van der Waals surface area contributed by atoms with Crippen molar-refractivity contribution >= 4 is 17.5 Å². The van der Waals surface area contributed by atoms with E-state index in [2.05, 4.69) is 51.5 Å². The molecule has 1 aromatic carbocycles. The summed E-state index contributed by atoms with van der Waals surface area (Å²) in [5.74, 6) is 0.894. The van der Waals surface area contributed by atoms with Crippen LogP contribution in [0.15, 0.2) is 30.3 Å². The Balaban J connectivity index is 1.88. The molecule has 106 valence electrons. The topological polar surface area (TPSA) is 59.9 Å². The van der Waals surface area contributed by atoms with Gasteiger partial charge in [-0.25, -0.2) is 0 Å². The average molecular weight is 293 g/mol. The first-order chi connectivity index (χ1) is 9.69. The van der Waals surface area contributed by atoms with Crippen molar-refractivity contribution in [1.29, 1.82) is 0 Å². The van der Waals surface area contributed by atoms with E-state index in [1.54, 1.807) is 0 Å². The third kappa shape index (κ3) is 4.06. The molecule has 5 nitrogen and oxygen atoms in total. The normalized spacial score (nSPS) is 11.9. The number of anilines is 1. The largest absolute Gasteiger partial charge is 0.467 e. The van der Waals surface area contributed by atoms with Crippen LogP contribution in [0.2, 0.25) is 5.28 Å². The number of nitrogens with one attached hydrogen (secondary N) is 1. The van der Waals surface area contributed by atoms with Crippen LogP contribution >= 0.6 is 11.6 Å². The quantitative estimate of drug-likeness (QED) is 0.886. The maximum absolute atomic E-state index is 5.78. The van der Waals surface area contributed by atoms with E-state index in [-0.39, 0.29) is 11.3 Å². The molecular formula is C14H17ClN4O. The van der Waals surface area contributed by atoms with Crippen molar-refractivity contribution in [2.75, 3.05) is 19.0 Å². The molecule has 1 aromatic heterocycles. The minimum Gasteiger partial charge on any atom is -0.467 e. The van der Waals surface area contributed by atoms with E-state index < -0.39 is 0 Å². The maximum Gasteiger partial charge on any atom is 0.322 e. The van der Waals surface area contributed by atoms with E-state index in [0.29, 0.717) is 11.9 Å². The molecule has 0 amide bonds. The number of hydrogen-bond donors (Lipinski definition) is 1. The molecular weight excluding hydrogens is 276 g/mol. The number of benzene rings is 1. The summed E-state index contributed by atoms with van der Waals surface area (Å²) in [6.45, 7) is 2.94. The number of ether oxygens (including phenoxy) is 1. The van der Waals surface area contributed by atoms with Gasteiger partial charge in [-0.2, -0.15) is 15.0 Å². The van der Waals surface area contributed by atoms with Gasteiger partial charge >= 0.3 is 6.01 Å². The predicted molar refractivity (Wildman–Crippen MR) is 79.4 cm³/mol. The Morgan fingerprint density at radius 3 is 2.65 bits per heavy atom. The summed E-state index contributed by atoms with van der Waals surface area (Å²) in [5.41, 5.74) is 1.32. The van der Waals surface area contributed by atoms with Crippen LogP contribution in [0.4, 0.5) is 5.95 Å². The lowest BCUT2D eigenvalue weighted by atomic mass is 9.98. The lowest BCUT2D eigenvalue weighted by Gasteiger charge is -2.12. The van der Waals surface area contributed by atoms with Crippen LogP contribution in [-0.2, 0) is 0 Å². The monoisotopic (exact) mass is 292 g/mol. The van der Waals surface area contributed by atoms with Crippen LogP contribution < -0.4 is 10.1 Å². The molecule has 0 aliphatic rings. The lowest BCUT2D eigenvalue weighted by Crippen LogP contribution is -2.09. The highest BCUT2D eigenvalue weighted by molar-refractivity contribution is 6.28. The summed E-state index contributed by atoms with van der Waals surface area (Å²) in [5, 5.41) is 3.25. The van der Waals surface area contributed by atoms with Gasteiger partial charge in [-0.15, -0.1) is 0 Å². The fourth-order valence-electron chi connectivity index (χ4n) is 1.85. The minimum absolute atomic E-state index is 0.121. The van der Waals surface area contributed by atoms with Gasteiger partial charge in [0, 0.05) is 6.54 Å². The number of halogens is 1. The Hall–Kier alpha value is -1.88. The Bertz CT molecular complexity index is 550. The van der Waals surface area contributed by atoms with Crippen LogP contribution in [0.1, 0.15) is 24.8 Å². The molecule has 6 heteroatoms. The number of rotatable bonds is 6. The van der Waals surface area contributed by atoms with Gasteiger partial charge < -0.3 is 10.1 Å². The van der Waals surface area contributed by atoms with E-state index in [1.165, 1.54) is 12.7 Å². The van der Waals surface area contributed by atoms with E-state index in [1.807, 2.05) is 6.07 Å². The molecule has 0 saturated heterocycles. The fourth-order valence-corrected chi connectivity index (χ4v) is 2.00. The first-order valence-electron chi connectivity index (χ1n) is 6.43. The molecule has 0 aliphatic heterocycles. The predicted octanol–water partition coefficient (Wildman–Crippen LogP) is 3.14. The molecule has 0 saturated carbocycles. The van der Waals surface area contributed by atoms with Crippen LogP contribution in [0, 0.1) is 0 Å². The molecule has 1 atom stereocenters. The van der Waals surface area contributed by atoms with Gasteiger partial charge in [0.05, 0.1) is 7.11 Å².